The van der Waals surface area contributed by atoms with Gasteiger partial charge in [-0.1, -0.05) is 0 Å². The Labute approximate surface area is 78.2 Å². The summed E-state index contributed by atoms with van der Waals surface area (Å²) >= 11 is 0. The second-order valence-electron chi connectivity index (χ2n) is 3.65. The molecule has 2 rings (SSSR count). The molecule has 0 spiro atoms. The fourth-order valence-electron chi connectivity index (χ4n) is 1.87. The Kier molecular flexibility index (Phi) is 2.80. The maximum absolute atomic E-state index is 11.4. The van der Waals surface area contributed by atoms with E-state index in [1.807, 2.05) is 4.90 Å². The van der Waals surface area contributed by atoms with Crippen molar-refractivity contribution in [3.63, 3.8) is 0 Å². The second kappa shape index (κ2) is 4.07. The molecule has 0 aromatic rings. The SMILES string of the molecule is O=C1CNCCN1CC1CCCO1. The van der Waals surface area contributed by atoms with Gasteiger partial charge in [-0.25, -0.2) is 0 Å². The number of carbonyl (C=O) groups excluding carboxylic acids is 1. The maximum Gasteiger partial charge on any atom is 0.236 e. The Hall–Kier alpha value is -0.610. The Bertz CT molecular complexity index is 190. The highest BCUT2D eigenvalue weighted by molar-refractivity contribution is 5.79. The van der Waals surface area contributed by atoms with Crippen molar-refractivity contribution in [3.05, 3.63) is 0 Å². The first-order valence-electron chi connectivity index (χ1n) is 4.96. The minimum atomic E-state index is 0.210. The summed E-state index contributed by atoms with van der Waals surface area (Å²) in [6.45, 7) is 3.90. The number of piperazine rings is 1. The van der Waals surface area contributed by atoms with Crippen molar-refractivity contribution in [2.45, 2.75) is 18.9 Å². The van der Waals surface area contributed by atoms with Crippen LogP contribution in [0.4, 0.5) is 0 Å². The quantitative estimate of drug-likeness (QED) is 0.634. The van der Waals surface area contributed by atoms with Crippen LogP contribution in [0.15, 0.2) is 0 Å². The molecule has 1 atom stereocenters. The predicted octanol–water partition coefficient (Wildman–Crippen LogP) is -0.403. The molecular weight excluding hydrogens is 168 g/mol. The van der Waals surface area contributed by atoms with Gasteiger partial charge in [0.15, 0.2) is 0 Å². The maximum atomic E-state index is 11.4. The van der Waals surface area contributed by atoms with Crippen molar-refractivity contribution < 1.29 is 9.53 Å². The molecule has 74 valence electrons. The molecule has 2 saturated heterocycles. The molecule has 0 bridgehead atoms. The first-order chi connectivity index (χ1) is 6.36. The van der Waals surface area contributed by atoms with Crippen molar-refractivity contribution in [1.82, 2.24) is 10.2 Å². The molecule has 1 amide bonds. The first-order valence-corrected chi connectivity index (χ1v) is 4.96. The molecule has 0 radical (unpaired) electrons. The molecule has 0 aliphatic carbocycles. The fourth-order valence-corrected chi connectivity index (χ4v) is 1.87. The fraction of sp³-hybridized carbons (Fsp3) is 0.889. The van der Waals surface area contributed by atoms with Crippen molar-refractivity contribution in [2.75, 3.05) is 32.8 Å². The summed E-state index contributed by atoms with van der Waals surface area (Å²) in [6, 6.07) is 0. The number of amides is 1. The van der Waals surface area contributed by atoms with Crippen LogP contribution in [0.25, 0.3) is 0 Å². The first kappa shape index (κ1) is 8.97. The highest BCUT2D eigenvalue weighted by Crippen LogP contribution is 2.13. The Morgan fingerprint density at radius 3 is 3.23 bits per heavy atom. The topological polar surface area (TPSA) is 41.6 Å². The molecule has 0 aromatic carbocycles. The molecule has 4 nitrogen and oxygen atoms in total. The molecular formula is C9H16N2O2. The third-order valence-corrected chi connectivity index (χ3v) is 2.64. The summed E-state index contributed by atoms with van der Waals surface area (Å²) in [5.74, 6) is 0.210. The van der Waals surface area contributed by atoms with Gasteiger partial charge in [0.2, 0.25) is 5.91 Å². The lowest BCUT2D eigenvalue weighted by molar-refractivity contribution is -0.133. The van der Waals surface area contributed by atoms with Crippen LogP contribution in [0.5, 0.6) is 0 Å². The van der Waals surface area contributed by atoms with E-state index in [-0.39, 0.29) is 5.91 Å². The molecule has 2 fully saturated rings. The van der Waals surface area contributed by atoms with Gasteiger partial charge in [0.1, 0.15) is 0 Å². The average molecular weight is 184 g/mol. The molecule has 2 aliphatic heterocycles. The summed E-state index contributed by atoms with van der Waals surface area (Å²) in [4.78, 5) is 13.3. The summed E-state index contributed by atoms with van der Waals surface area (Å²) in [6.07, 6.45) is 2.55. The summed E-state index contributed by atoms with van der Waals surface area (Å²) in [7, 11) is 0. The lowest BCUT2D eigenvalue weighted by Crippen LogP contribution is -2.50. The van der Waals surface area contributed by atoms with Gasteiger partial charge >= 0.3 is 0 Å². The third kappa shape index (κ3) is 2.19. The standard InChI is InChI=1S/C9H16N2O2/c12-9-6-10-3-4-11(9)7-8-2-1-5-13-8/h8,10H,1-7H2. The van der Waals surface area contributed by atoms with E-state index in [9.17, 15) is 4.79 Å². The van der Waals surface area contributed by atoms with E-state index in [0.717, 1.165) is 39.1 Å². The Morgan fingerprint density at radius 1 is 1.62 bits per heavy atom. The summed E-state index contributed by atoms with van der Waals surface area (Å²) < 4.78 is 5.49. The Morgan fingerprint density at radius 2 is 2.54 bits per heavy atom. The van der Waals surface area contributed by atoms with E-state index >= 15 is 0 Å². The van der Waals surface area contributed by atoms with Gasteiger partial charge in [-0.05, 0) is 12.8 Å². The number of ether oxygens (including phenoxy) is 1. The predicted molar refractivity (Wildman–Crippen MR) is 48.4 cm³/mol. The van der Waals surface area contributed by atoms with E-state index in [4.69, 9.17) is 4.74 Å². The van der Waals surface area contributed by atoms with Crippen LogP contribution in [0.1, 0.15) is 12.8 Å². The zero-order chi connectivity index (χ0) is 9.10. The minimum absolute atomic E-state index is 0.210. The van der Waals surface area contributed by atoms with Gasteiger partial charge < -0.3 is 15.0 Å². The monoisotopic (exact) mass is 184 g/mol. The van der Waals surface area contributed by atoms with Gasteiger partial charge in [-0.15, -0.1) is 0 Å². The molecule has 1 unspecified atom stereocenters. The summed E-state index contributed by atoms with van der Waals surface area (Å²) in [5.41, 5.74) is 0. The number of rotatable bonds is 2. The lowest BCUT2D eigenvalue weighted by atomic mass is 10.2. The highest BCUT2D eigenvalue weighted by Gasteiger charge is 2.23. The largest absolute Gasteiger partial charge is 0.376 e. The number of nitrogens with zero attached hydrogens (tertiary/aromatic N) is 1. The van der Waals surface area contributed by atoms with Crippen LogP contribution in [0.2, 0.25) is 0 Å². The normalized spacial score (nSPS) is 29.7. The minimum Gasteiger partial charge on any atom is -0.376 e. The van der Waals surface area contributed by atoms with Crippen LogP contribution in [0.3, 0.4) is 0 Å². The number of hydrogen-bond acceptors (Lipinski definition) is 3. The molecule has 0 saturated carbocycles. The van der Waals surface area contributed by atoms with Crippen LogP contribution in [-0.4, -0.2) is 49.7 Å². The van der Waals surface area contributed by atoms with Gasteiger partial charge in [-0.2, -0.15) is 0 Å². The molecule has 13 heavy (non-hydrogen) atoms. The summed E-state index contributed by atoms with van der Waals surface area (Å²) in [5, 5.41) is 3.06. The van der Waals surface area contributed by atoms with Gasteiger partial charge in [0, 0.05) is 26.2 Å². The zero-order valence-electron chi connectivity index (χ0n) is 7.79. The third-order valence-electron chi connectivity index (χ3n) is 2.64. The average Bonchev–Trinajstić information content (AvgIpc) is 2.61. The van der Waals surface area contributed by atoms with Crippen LogP contribution in [-0.2, 0) is 9.53 Å². The van der Waals surface area contributed by atoms with Gasteiger partial charge in [0.25, 0.3) is 0 Å². The molecule has 0 aromatic heterocycles. The zero-order valence-corrected chi connectivity index (χ0v) is 7.79. The highest BCUT2D eigenvalue weighted by atomic mass is 16.5. The van der Waals surface area contributed by atoms with Crippen molar-refractivity contribution >= 4 is 5.91 Å². The van der Waals surface area contributed by atoms with Crippen LogP contribution < -0.4 is 5.32 Å². The van der Waals surface area contributed by atoms with Gasteiger partial charge in [0.05, 0.1) is 12.6 Å². The van der Waals surface area contributed by atoms with E-state index in [1.165, 1.54) is 0 Å². The van der Waals surface area contributed by atoms with Crippen LogP contribution >= 0.6 is 0 Å². The Balaban J connectivity index is 1.81. The van der Waals surface area contributed by atoms with E-state index in [0.29, 0.717) is 12.6 Å². The molecule has 4 heteroatoms. The van der Waals surface area contributed by atoms with E-state index in [1.54, 1.807) is 0 Å². The molecule has 2 heterocycles. The van der Waals surface area contributed by atoms with Crippen molar-refractivity contribution in [2.24, 2.45) is 0 Å². The van der Waals surface area contributed by atoms with Crippen molar-refractivity contribution in [3.8, 4) is 0 Å². The number of carbonyl (C=O) groups is 1. The number of nitrogens with one attached hydrogen (secondary N) is 1. The van der Waals surface area contributed by atoms with Crippen molar-refractivity contribution in [1.29, 1.82) is 0 Å². The number of hydrogen-bond donors (Lipinski definition) is 1. The lowest BCUT2D eigenvalue weighted by Gasteiger charge is -2.29. The van der Waals surface area contributed by atoms with Crippen LogP contribution in [0, 0.1) is 0 Å². The molecule has 1 N–H and O–H groups in total. The van der Waals surface area contributed by atoms with E-state index in [2.05, 4.69) is 5.32 Å². The smallest absolute Gasteiger partial charge is 0.236 e. The van der Waals surface area contributed by atoms with E-state index < -0.39 is 0 Å². The molecule has 2 aliphatic rings. The second-order valence-corrected chi connectivity index (χ2v) is 3.65. The van der Waals surface area contributed by atoms with Gasteiger partial charge in [-0.3, -0.25) is 4.79 Å².